The van der Waals surface area contributed by atoms with Gasteiger partial charge in [0, 0.05) is 24.7 Å². The molecule has 150 valence electrons. The molecule has 2 heterocycles. The van der Waals surface area contributed by atoms with E-state index in [4.69, 9.17) is 4.42 Å². The van der Waals surface area contributed by atoms with Gasteiger partial charge in [0.05, 0.1) is 0 Å². The summed E-state index contributed by atoms with van der Waals surface area (Å²) in [5.41, 5.74) is 1.89. The summed E-state index contributed by atoms with van der Waals surface area (Å²) >= 11 is 0. The molecule has 1 aromatic carbocycles. The van der Waals surface area contributed by atoms with Crippen LogP contribution in [-0.2, 0) is 4.79 Å². The van der Waals surface area contributed by atoms with Crippen LogP contribution in [0.3, 0.4) is 0 Å². The van der Waals surface area contributed by atoms with Crippen LogP contribution in [0.25, 0.3) is 11.1 Å². The molecular weight excluding hydrogens is 356 g/mol. The molecule has 1 aliphatic heterocycles. The van der Waals surface area contributed by atoms with Gasteiger partial charge in [0.1, 0.15) is 11.9 Å². The second-order valence-electron chi connectivity index (χ2n) is 7.73. The average Bonchev–Trinajstić information content (AvgIpc) is 3.09. The first-order chi connectivity index (χ1) is 13.4. The summed E-state index contributed by atoms with van der Waals surface area (Å²) in [6.45, 7) is 6.48. The zero-order valence-electron chi connectivity index (χ0n) is 16.6. The van der Waals surface area contributed by atoms with E-state index in [9.17, 15) is 14.7 Å². The van der Waals surface area contributed by atoms with Crippen LogP contribution in [0.15, 0.2) is 40.8 Å². The second-order valence-corrected chi connectivity index (χ2v) is 7.73. The molecule has 6 heteroatoms. The molecule has 0 saturated carbocycles. The molecule has 2 N–H and O–H groups in total. The maximum absolute atomic E-state index is 12.7. The van der Waals surface area contributed by atoms with E-state index < -0.39 is 6.10 Å². The van der Waals surface area contributed by atoms with Crippen LogP contribution in [0, 0.1) is 12.8 Å². The molecule has 1 aromatic heterocycles. The number of carbonyl (C=O) groups excluding carboxylic acids is 2. The third kappa shape index (κ3) is 4.44. The van der Waals surface area contributed by atoms with Crippen molar-refractivity contribution in [2.75, 3.05) is 13.1 Å². The predicted molar refractivity (Wildman–Crippen MR) is 107 cm³/mol. The van der Waals surface area contributed by atoms with Crippen LogP contribution in [-0.4, -0.2) is 47.1 Å². The third-order valence-corrected chi connectivity index (χ3v) is 5.18. The highest BCUT2D eigenvalue weighted by molar-refractivity contribution is 5.93. The average molecular weight is 384 g/mol. The largest absolute Gasteiger partial charge is 0.456 e. The molecule has 28 heavy (non-hydrogen) atoms. The van der Waals surface area contributed by atoms with Crippen molar-refractivity contribution >= 4 is 11.8 Å². The number of carbonyl (C=O) groups is 2. The molecule has 0 spiro atoms. The number of piperidine rings is 1. The van der Waals surface area contributed by atoms with Gasteiger partial charge >= 0.3 is 0 Å². The van der Waals surface area contributed by atoms with Crippen molar-refractivity contribution in [3.63, 3.8) is 0 Å². The summed E-state index contributed by atoms with van der Waals surface area (Å²) in [5, 5.41) is 13.0. The van der Waals surface area contributed by atoms with E-state index >= 15 is 0 Å². The fourth-order valence-electron chi connectivity index (χ4n) is 3.52. The van der Waals surface area contributed by atoms with E-state index in [1.54, 1.807) is 11.0 Å². The number of hydrogen-bond acceptors (Lipinski definition) is 4. The molecule has 6 nitrogen and oxygen atoms in total. The highest BCUT2D eigenvalue weighted by atomic mass is 16.3. The van der Waals surface area contributed by atoms with Gasteiger partial charge in [0.2, 0.25) is 0 Å². The lowest BCUT2D eigenvalue weighted by atomic mass is 10.0. The molecule has 0 radical (unpaired) electrons. The Kier molecular flexibility index (Phi) is 6.19. The minimum atomic E-state index is -1.00. The van der Waals surface area contributed by atoms with Crippen LogP contribution >= 0.6 is 0 Å². The molecule has 0 aliphatic carbocycles. The molecule has 3 rings (SSSR count). The lowest BCUT2D eigenvalue weighted by Crippen LogP contribution is -2.52. The van der Waals surface area contributed by atoms with E-state index in [2.05, 4.69) is 5.32 Å². The molecule has 1 unspecified atom stereocenters. The standard InChI is InChI=1S/C22H28N2O4/c1-14(2)20(25)22(27)24-11-7-10-17(13-24)23-21(26)19-12-18(15(3)28-19)16-8-5-4-6-9-16/h4-6,8-9,12,14,17,20,25H,7,10-11,13H2,1-3H3,(H,23,26)/t17?,20-/m1/s1. The van der Waals surface area contributed by atoms with Gasteiger partial charge < -0.3 is 19.7 Å². The fourth-order valence-corrected chi connectivity index (χ4v) is 3.52. The summed E-state index contributed by atoms with van der Waals surface area (Å²) in [5.74, 6) is 0.270. The van der Waals surface area contributed by atoms with E-state index in [1.165, 1.54) is 0 Å². The molecule has 2 aromatic rings. The van der Waals surface area contributed by atoms with Gasteiger partial charge in [0.25, 0.3) is 11.8 Å². The van der Waals surface area contributed by atoms with Gasteiger partial charge in [-0.05, 0) is 37.3 Å². The summed E-state index contributed by atoms with van der Waals surface area (Å²) in [6, 6.07) is 11.4. The number of hydrogen-bond donors (Lipinski definition) is 2. The highest BCUT2D eigenvalue weighted by Crippen LogP contribution is 2.26. The summed E-state index contributed by atoms with van der Waals surface area (Å²) in [7, 11) is 0. The number of likely N-dealkylation sites (tertiary alicyclic amines) is 1. The van der Waals surface area contributed by atoms with Crippen molar-refractivity contribution < 1.29 is 19.1 Å². The molecule has 1 saturated heterocycles. The Labute approximate surface area is 165 Å². The fraction of sp³-hybridized carbons (Fsp3) is 0.455. The van der Waals surface area contributed by atoms with Crippen LogP contribution in [0.5, 0.6) is 0 Å². The molecule has 0 bridgehead atoms. The van der Waals surface area contributed by atoms with E-state index in [0.717, 1.165) is 24.0 Å². The Bertz CT molecular complexity index is 828. The molecule has 2 atom stereocenters. The normalized spacial score (nSPS) is 18.2. The number of nitrogens with zero attached hydrogens (tertiary/aromatic N) is 1. The van der Waals surface area contributed by atoms with Crippen LogP contribution in [0.4, 0.5) is 0 Å². The van der Waals surface area contributed by atoms with E-state index in [1.807, 2.05) is 51.1 Å². The van der Waals surface area contributed by atoms with Crippen molar-refractivity contribution in [1.82, 2.24) is 10.2 Å². The zero-order valence-corrected chi connectivity index (χ0v) is 16.6. The van der Waals surface area contributed by atoms with Gasteiger partial charge in [-0.3, -0.25) is 9.59 Å². The number of aryl methyl sites for hydroxylation is 1. The quantitative estimate of drug-likeness (QED) is 0.830. The Balaban J connectivity index is 1.66. The first-order valence-corrected chi connectivity index (χ1v) is 9.80. The van der Waals surface area contributed by atoms with E-state index in [-0.39, 0.29) is 29.5 Å². The number of rotatable bonds is 5. The predicted octanol–water partition coefficient (Wildman–Crippen LogP) is 2.99. The second kappa shape index (κ2) is 8.61. The summed E-state index contributed by atoms with van der Waals surface area (Å²) in [4.78, 5) is 26.7. The van der Waals surface area contributed by atoms with Crippen molar-refractivity contribution in [3.8, 4) is 11.1 Å². The minimum absolute atomic E-state index is 0.134. The minimum Gasteiger partial charge on any atom is -0.456 e. The summed E-state index contributed by atoms with van der Waals surface area (Å²) in [6.07, 6.45) is 0.572. The van der Waals surface area contributed by atoms with Gasteiger partial charge in [-0.15, -0.1) is 0 Å². The van der Waals surface area contributed by atoms with Crippen LogP contribution in [0.2, 0.25) is 0 Å². The van der Waals surface area contributed by atoms with Crippen molar-refractivity contribution in [3.05, 3.63) is 47.9 Å². The zero-order chi connectivity index (χ0) is 20.3. The Morgan fingerprint density at radius 3 is 2.64 bits per heavy atom. The first kappa shape index (κ1) is 20.1. The molecule has 1 aliphatic rings. The SMILES string of the molecule is Cc1oc(C(=O)NC2CCCN(C(=O)[C@H](O)C(C)C)C2)cc1-c1ccccc1. The Morgan fingerprint density at radius 2 is 1.96 bits per heavy atom. The maximum atomic E-state index is 12.7. The first-order valence-electron chi connectivity index (χ1n) is 9.80. The van der Waals surface area contributed by atoms with Crippen LogP contribution in [0.1, 0.15) is 43.0 Å². The third-order valence-electron chi connectivity index (χ3n) is 5.18. The molecule has 2 amide bonds. The smallest absolute Gasteiger partial charge is 0.287 e. The lowest BCUT2D eigenvalue weighted by molar-refractivity contribution is -0.143. The number of nitrogens with one attached hydrogen (secondary N) is 1. The maximum Gasteiger partial charge on any atom is 0.287 e. The van der Waals surface area contributed by atoms with Crippen molar-refractivity contribution in [2.45, 2.75) is 45.8 Å². The lowest BCUT2D eigenvalue weighted by Gasteiger charge is -2.34. The monoisotopic (exact) mass is 384 g/mol. The number of benzene rings is 1. The van der Waals surface area contributed by atoms with Crippen molar-refractivity contribution in [1.29, 1.82) is 0 Å². The molecular formula is C22H28N2O4. The molecule has 1 fully saturated rings. The number of aliphatic hydroxyl groups is 1. The summed E-state index contributed by atoms with van der Waals surface area (Å²) < 4.78 is 5.68. The Hall–Kier alpha value is -2.60. The Morgan fingerprint density at radius 1 is 1.25 bits per heavy atom. The van der Waals surface area contributed by atoms with E-state index in [0.29, 0.717) is 18.8 Å². The van der Waals surface area contributed by atoms with Gasteiger partial charge in [-0.25, -0.2) is 0 Å². The van der Waals surface area contributed by atoms with Crippen LogP contribution < -0.4 is 5.32 Å². The van der Waals surface area contributed by atoms with Gasteiger partial charge in [-0.2, -0.15) is 0 Å². The van der Waals surface area contributed by atoms with Crippen molar-refractivity contribution in [2.24, 2.45) is 5.92 Å². The highest BCUT2D eigenvalue weighted by Gasteiger charge is 2.30. The topological polar surface area (TPSA) is 82.8 Å². The van der Waals surface area contributed by atoms with Gasteiger partial charge in [0.15, 0.2) is 5.76 Å². The number of aliphatic hydroxyl groups excluding tert-OH is 1. The number of furan rings is 1. The number of amides is 2. The van der Waals surface area contributed by atoms with Gasteiger partial charge in [-0.1, -0.05) is 44.2 Å².